The summed E-state index contributed by atoms with van der Waals surface area (Å²) in [4.78, 5) is 16.4. The van der Waals surface area contributed by atoms with Gasteiger partial charge in [-0.2, -0.15) is 5.10 Å². The zero-order valence-electron chi connectivity index (χ0n) is 20.4. The number of likely N-dealkylation sites (tertiary alicyclic amines) is 1. The molecule has 0 spiro atoms. The van der Waals surface area contributed by atoms with Gasteiger partial charge >= 0.3 is 0 Å². The quantitative estimate of drug-likeness (QED) is 0.367. The molecule has 0 saturated carbocycles. The zero-order chi connectivity index (χ0) is 24.5. The Labute approximate surface area is 210 Å². The number of pyridine rings is 2. The van der Waals surface area contributed by atoms with E-state index in [9.17, 15) is 4.39 Å². The lowest BCUT2D eigenvalue weighted by Gasteiger charge is -2.31. The molecule has 182 valence electrons. The molecule has 2 aliphatic heterocycles. The van der Waals surface area contributed by atoms with Crippen LogP contribution in [0.5, 0.6) is 0 Å². The molecule has 1 aromatic carbocycles. The molecule has 36 heavy (non-hydrogen) atoms. The van der Waals surface area contributed by atoms with E-state index in [4.69, 9.17) is 4.99 Å². The lowest BCUT2D eigenvalue weighted by atomic mass is 9.76. The molecule has 5 heterocycles. The lowest BCUT2D eigenvalue weighted by Crippen LogP contribution is -2.26. The fourth-order valence-electron chi connectivity index (χ4n) is 5.50. The van der Waals surface area contributed by atoms with Crippen LogP contribution < -0.4 is 0 Å². The molecule has 0 N–H and O–H groups in total. The van der Waals surface area contributed by atoms with Gasteiger partial charge < -0.3 is 4.90 Å². The predicted molar refractivity (Wildman–Crippen MR) is 139 cm³/mol. The third-order valence-corrected chi connectivity index (χ3v) is 7.39. The van der Waals surface area contributed by atoms with E-state index in [0.29, 0.717) is 17.1 Å². The second-order valence-electron chi connectivity index (χ2n) is 9.71. The number of rotatable bonds is 6. The minimum atomic E-state index is -0.269. The van der Waals surface area contributed by atoms with E-state index < -0.39 is 0 Å². The van der Waals surface area contributed by atoms with Crippen LogP contribution in [-0.2, 0) is 6.54 Å². The van der Waals surface area contributed by atoms with Gasteiger partial charge in [0, 0.05) is 65.4 Å². The first-order chi connectivity index (χ1) is 17.7. The van der Waals surface area contributed by atoms with Crippen molar-refractivity contribution in [3.8, 4) is 11.1 Å². The standard InChI is InChI=1S/C29H29FN6/c1-20-27(25-8-6-10-32-29(25)34-28(20)24-7-2-3-9-26(24)30)22-15-21(16-31-17-22)23-18-33-36(19-23)14-13-35-11-4-5-12-35/h2-3,6-10,15-20,27H,4-5,11-14H2,1H3. The first-order valence-electron chi connectivity index (χ1n) is 12.7. The number of hydrogen-bond donors (Lipinski definition) is 0. The van der Waals surface area contributed by atoms with Crippen LogP contribution in [0.15, 0.2) is 78.4 Å². The molecular weight excluding hydrogens is 451 g/mol. The van der Waals surface area contributed by atoms with Gasteiger partial charge in [-0.1, -0.05) is 31.2 Å². The molecule has 7 heteroatoms. The average Bonchev–Trinajstić information content (AvgIpc) is 3.60. The predicted octanol–water partition coefficient (Wildman–Crippen LogP) is 5.48. The van der Waals surface area contributed by atoms with Crippen LogP contribution in [0.2, 0.25) is 0 Å². The van der Waals surface area contributed by atoms with Crippen LogP contribution >= 0.6 is 0 Å². The minimum Gasteiger partial charge on any atom is -0.301 e. The van der Waals surface area contributed by atoms with E-state index in [1.807, 2.05) is 35.4 Å². The summed E-state index contributed by atoms with van der Waals surface area (Å²) < 4.78 is 16.8. The van der Waals surface area contributed by atoms with Crippen molar-refractivity contribution in [2.24, 2.45) is 10.9 Å². The molecule has 6 nitrogen and oxygen atoms in total. The third-order valence-electron chi connectivity index (χ3n) is 7.39. The molecule has 0 amide bonds. The molecular formula is C29H29FN6. The van der Waals surface area contributed by atoms with Crippen molar-refractivity contribution in [2.75, 3.05) is 19.6 Å². The van der Waals surface area contributed by atoms with Crippen LogP contribution in [0, 0.1) is 11.7 Å². The molecule has 0 aliphatic carbocycles. The van der Waals surface area contributed by atoms with Gasteiger partial charge in [0.2, 0.25) is 0 Å². The van der Waals surface area contributed by atoms with Gasteiger partial charge in [0.05, 0.1) is 18.5 Å². The van der Waals surface area contributed by atoms with Crippen LogP contribution in [0.4, 0.5) is 10.2 Å². The number of aromatic nitrogens is 4. The highest BCUT2D eigenvalue weighted by Gasteiger charge is 2.34. The van der Waals surface area contributed by atoms with Crippen molar-refractivity contribution in [3.63, 3.8) is 0 Å². The smallest absolute Gasteiger partial charge is 0.155 e. The molecule has 6 rings (SSSR count). The van der Waals surface area contributed by atoms with E-state index in [1.165, 1.54) is 32.0 Å². The van der Waals surface area contributed by atoms with Crippen molar-refractivity contribution in [2.45, 2.75) is 32.2 Å². The molecule has 2 aliphatic rings. The monoisotopic (exact) mass is 480 g/mol. The number of benzene rings is 1. The first-order valence-corrected chi connectivity index (χ1v) is 12.7. The maximum atomic E-state index is 14.8. The van der Waals surface area contributed by atoms with Gasteiger partial charge in [-0.3, -0.25) is 9.67 Å². The highest BCUT2D eigenvalue weighted by atomic mass is 19.1. The Hall–Kier alpha value is -3.71. The second-order valence-corrected chi connectivity index (χ2v) is 9.71. The third kappa shape index (κ3) is 4.35. The Morgan fingerprint density at radius 2 is 1.83 bits per heavy atom. The summed E-state index contributed by atoms with van der Waals surface area (Å²) in [6.45, 7) is 6.40. The topological polar surface area (TPSA) is 59.2 Å². The van der Waals surface area contributed by atoms with Gasteiger partial charge in [-0.15, -0.1) is 0 Å². The van der Waals surface area contributed by atoms with Crippen LogP contribution in [0.1, 0.15) is 42.4 Å². The Morgan fingerprint density at radius 3 is 2.69 bits per heavy atom. The lowest BCUT2D eigenvalue weighted by molar-refractivity contribution is 0.316. The van der Waals surface area contributed by atoms with Gasteiger partial charge in [0.1, 0.15) is 5.82 Å². The zero-order valence-corrected chi connectivity index (χ0v) is 20.4. The normalized spacial score (nSPS) is 19.8. The summed E-state index contributed by atoms with van der Waals surface area (Å²) in [5, 5.41) is 4.60. The average molecular weight is 481 g/mol. The van der Waals surface area contributed by atoms with E-state index in [-0.39, 0.29) is 17.7 Å². The Morgan fingerprint density at radius 1 is 0.972 bits per heavy atom. The van der Waals surface area contributed by atoms with E-state index in [1.54, 1.807) is 18.3 Å². The number of hydrogen-bond acceptors (Lipinski definition) is 5. The van der Waals surface area contributed by atoms with Gasteiger partial charge in [0.15, 0.2) is 5.82 Å². The highest BCUT2D eigenvalue weighted by Crippen LogP contribution is 2.43. The number of aliphatic imine (C=N–C) groups is 1. The van der Waals surface area contributed by atoms with Gasteiger partial charge in [-0.25, -0.2) is 14.4 Å². The molecule has 1 fully saturated rings. The largest absolute Gasteiger partial charge is 0.301 e. The molecule has 0 radical (unpaired) electrons. The summed E-state index contributed by atoms with van der Waals surface area (Å²) in [6.07, 6.45) is 12.1. The fourth-order valence-corrected chi connectivity index (χ4v) is 5.50. The summed E-state index contributed by atoms with van der Waals surface area (Å²) in [5.74, 6) is 0.269. The first kappa shape index (κ1) is 22.7. The van der Waals surface area contributed by atoms with E-state index in [0.717, 1.165) is 35.3 Å². The maximum Gasteiger partial charge on any atom is 0.155 e. The van der Waals surface area contributed by atoms with Crippen LogP contribution in [0.25, 0.3) is 11.1 Å². The molecule has 1 saturated heterocycles. The molecule has 0 bridgehead atoms. The summed E-state index contributed by atoms with van der Waals surface area (Å²) in [7, 11) is 0. The number of nitrogens with zero attached hydrogens (tertiary/aromatic N) is 6. The van der Waals surface area contributed by atoms with E-state index in [2.05, 4.69) is 45.2 Å². The minimum absolute atomic E-state index is 0.0431. The van der Waals surface area contributed by atoms with Crippen LogP contribution in [-0.4, -0.2) is 50.0 Å². The number of fused-ring (bicyclic) bond motifs is 1. The Bertz CT molecular complexity index is 1400. The SMILES string of the molecule is CC1C(c2ccccc2F)=Nc2ncccc2C1c1cncc(-c2cnn(CCN3CCCC3)c2)c1. The second kappa shape index (κ2) is 9.74. The van der Waals surface area contributed by atoms with Crippen LogP contribution in [0.3, 0.4) is 0 Å². The molecule has 2 atom stereocenters. The van der Waals surface area contributed by atoms with Crippen molar-refractivity contribution in [1.29, 1.82) is 0 Å². The summed E-state index contributed by atoms with van der Waals surface area (Å²) in [5.41, 5.74) is 5.39. The Kier molecular flexibility index (Phi) is 6.15. The van der Waals surface area contributed by atoms with Crippen molar-refractivity contribution in [1.82, 2.24) is 24.6 Å². The fraction of sp³-hybridized carbons (Fsp3) is 0.310. The van der Waals surface area contributed by atoms with Gasteiger partial charge in [-0.05, 0) is 49.7 Å². The highest BCUT2D eigenvalue weighted by molar-refractivity contribution is 6.05. The maximum absolute atomic E-state index is 14.8. The van der Waals surface area contributed by atoms with Crippen molar-refractivity contribution < 1.29 is 4.39 Å². The number of halogens is 1. The molecule has 2 unspecified atom stereocenters. The molecule has 4 aromatic rings. The molecule has 3 aromatic heterocycles. The summed E-state index contributed by atoms with van der Waals surface area (Å²) >= 11 is 0. The Balaban J connectivity index is 1.32. The van der Waals surface area contributed by atoms with Gasteiger partial charge in [0.25, 0.3) is 0 Å². The van der Waals surface area contributed by atoms with Crippen molar-refractivity contribution >= 4 is 11.5 Å². The van der Waals surface area contributed by atoms with E-state index >= 15 is 0 Å². The van der Waals surface area contributed by atoms with Crippen molar-refractivity contribution in [3.05, 3.63) is 96.0 Å². The summed E-state index contributed by atoms with van der Waals surface area (Å²) in [6, 6.07) is 13.0.